The highest BCUT2D eigenvalue weighted by atomic mass is 32.2. The summed E-state index contributed by atoms with van der Waals surface area (Å²) < 4.78 is 7.57. The molecule has 4 rings (SSSR count). The normalized spacial score (nSPS) is 16.3. The zero-order valence-corrected chi connectivity index (χ0v) is 20.1. The fourth-order valence-electron chi connectivity index (χ4n) is 3.54. The lowest BCUT2D eigenvalue weighted by atomic mass is 9.96. The second-order valence-corrected chi connectivity index (χ2v) is 9.88. The molecule has 31 heavy (non-hydrogen) atoms. The van der Waals surface area contributed by atoms with Crippen LogP contribution in [0.25, 0.3) is 6.08 Å². The van der Waals surface area contributed by atoms with E-state index in [1.165, 1.54) is 11.3 Å². The molecule has 0 radical (unpaired) electrons. The van der Waals surface area contributed by atoms with Gasteiger partial charge in [0.15, 0.2) is 4.80 Å². The molecule has 0 saturated carbocycles. The third-order valence-electron chi connectivity index (χ3n) is 5.11. The van der Waals surface area contributed by atoms with Gasteiger partial charge < -0.3 is 4.74 Å². The van der Waals surface area contributed by atoms with Gasteiger partial charge in [-0.2, -0.15) is 0 Å². The summed E-state index contributed by atoms with van der Waals surface area (Å²) in [6, 6.07) is 9.40. The molecular formula is C23H22N2O3S3. The SMILES string of the molecule is CCOC(=O)C1=C(C)N=c2s/c(=C\c3sccc3C)c(=O)n2[C@@H]1c1ccc(SC)cc1. The van der Waals surface area contributed by atoms with Crippen LogP contribution in [-0.2, 0) is 9.53 Å². The molecule has 1 aliphatic rings. The molecule has 1 aliphatic heterocycles. The van der Waals surface area contributed by atoms with Gasteiger partial charge in [-0.25, -0.2) is 9.79 Å². The summed E-state index contributed by atoms with van der Waals surface area (Å²) in [5.74, 6) is -0.439. The molecule has 0 N–H and O–H groups in total. The second kappa shape index (κ2) is 8.98. The van der Waals surface area contributed by atoms with Crippen LogP contribution in [0, 0.1) is 6.92 Å². The molecule has 160 valence electrons. The predicted octanol–water partition coefficient (Wildman–Crippen LogP) is 3.89. The molecule has 1 atom stereocenters. The molecule has 1 aromatic carbocycles. The summed E-state index contributed by atoms with van der Waals surface area (Å²) in [6.45, 7) is 5.86. The average Bonchev–Trinajstić information content (AvgIpc) is 3.30. The van der Waals surface area contributed by atoms with E-state index in [1.807, 2.05) is 55.0 Å². The van der Waals surface area contributed by atoms with Crippen molar-refractivity contribution in [3.8, 4) is 0 Å². The first-order chi connectivity index (χ1) is 14.9. The number of carbonyl (C=O) groups excluding carboxylic acids is 1. The highest BCUT2D eigenvalue weighted by molar-refractivity contribution is 7.98. The van der Waals surface area contributed by atoms with Gasteiger partial charge >= 0.3 is 5.97 Å². The van der Waals surface area contributed by atoms with Crippen LogP contribution in [0.2, 0.25) is 0 Å². The Balaban J connectivity index is 1.96. The number of allylic oxidation sites excluding steroid dienone is 1. The lowest BCUT2D eigenvalue weighted by molar-refractivity contribution is -0.139. The first kappa shape index (κ1) is 21.8. The number of hydrogen-bond donors (Lipinski definition) is 0. The van der Waals surface area contributed by atoms with Gasteiger partial charge in [0.2, 0.25) is 0 Å². The number of hydrogen-bond acceptors (Lipinski definition) is 7. The van der Waals surface area contributed by atoms with Crippen molar-refractivity contribution in [1.29, 1.82) is 0 Å². The average molecular weight is 471 g/mol. The van der Waals surface area contributed by atoms with E-state index in [4.69, 9.17) is 4.74 Å². The minimum absolute atomic E-state index is 0.148. The highest BCUT2D eigenvalue weighted by Crippen LogP contribution is 2.31. The van der Waals surface area contributed by atoms with Gasteiger partial charge in [-0.05, 0) is 67.8 Å². The van der Waals surface area contributed by atoms with E-state index in [-0.39, 0.29) is 12.2 Å². The lowest BCUT2D eigenvalue weighted by Crippen LogP contribution is -2.39. The van der Waals surface area contributed by atoms with Crippen molar-refractivity contribution in [2.45, 2.75) is 31.7 Å². The third kappa shape index (κ3) is 4.07. The van der Waals surface area contributed by atoms with E-state index >= 15 is 0 Å². The van der Waals surface area contributed by atoms with E-state index in [9.17, 15) is 9.59 Å². The van der Waals surface area contributed by atoms with E-state index in [1.54, 1.807) is 41.5 Å². The van der Waals surface area contributed by atoms with Gasteiger partial charge in [0.25, 0.3) is 5.56 Å². The molecule has 0 saturated heterocycles. The highest BCUT2D eigenvalue weighted by Gasteiger charge is 2.33. The number of ether oxygens (including phenoxy) is 1. The van der Waals surface area contributed by atoms with Crippen molar-refractivity contribution >= 4 is 46.5 Å². The van der Waals surface area contributed by atoms with Crippen LogP contribution >= 0.6 is 34.4 Å². The molecule has 8 heteroatoms. The molecule has 0 amide bonds. The number of esters is 1. The van der Waals surface area contributed by atoms with Gasteiger partial charge in [0.05, 0.1) is 28.5 Å². The fraction of sp³-hybridized carbons (Fsp3) is 0.261. The van der Waals surface area contributed by atoms with Crippen LogP contribution in [0.3, 0.4) is 0 Å². The maximum Gasteiger partial charge on any atom is 0.338 e. The van der Waals surface area contributed by atoms with Crippen LogP contribution in [0.1, 0.15) is 35.9 Å². The van der Waals surface area contributed by atoms with E-state index < -0.39 is 12.0 Å². The van der Waals surface area contributed by atoms with Crippen LogP contribution < -0.4 is 14.9 Å². The Morgan fingerprint density at radius 2 is 2.00 bits per heavy atom. The number of thiazole rings is 1. The Kier molecular flexibility index (Phi) is 6.31. The summed E-state index contributed by atoms with van der Waals surface area (Å²) in [6.07, 6.45) is 3.93. The first-order valence-electron chi connectivity index (χ1n) is 9.82. The summed E-state index contributed by atoms with van der Waals surface area (Å²) in [5, 5.41) is 2.01. The number of benzene rings is 1. The quantitative estimate of drug-likeness (QED) is 0.419. The molecule has 2 aromatic heterocycles. The number of aromatic nitrogens is 1. The molecule has 0 fully saturated rings. The van der Waals surface area contributed by atoms with Crippen molar-refractivity contribution in [3.63, 3.8) is 0 Å². The smallest absolute Gasteiger partial charge is 0.338 e. The Hall–Kier alpha value is -2.42. The Morgan fingerprint density at radius 3 is 2.61 bits per heavy atom. The van der Waals surface area contributed by atoms with Crippen LogP contribution in [0.4, 0.5) is 0 Å². The number of rotatable bonds is 5. The summed E-state index contributed by atoms with van der Waals surface area (Å²) in [5.41, 5.74) is 2.82. The lowest BCUT2D eigenvalue weighted by Gasteiger charge is -2.24. The zero-order valence-electron chi connectivity index (χ0n) is 17.7. The largest absolute Gasteiger partial charge is 0.463 e. The monoisotopic (exact) mass is 470 g/mol. The van der Waals surface area contributed by atoms with Crippen LogP contribution in [0.5, 0.6) is 0 Å². The molecule has 0 spiro atoms. The van der Waals surface area contributed by atoms with E-state index in [0.29, 0.717) is 20.6 Å². The van der Waals surface area contributed by atoms with Crippen molar-refractivity contribution in [3.05, 3.63) is 82.7 Å². The maximum absolute atomic E-state index is 13.5. The molecule has 3 aromatic rings. The summed E-state index contributed by atoms with van der Waals surface area (Å²) in [7, 11) is 0. The predicted molar refractivity (Wildman–Crippen MR) is 128 cm³/mol. The van der Waals surface area contributed by atoms with Gasteiger partial charge in [0, 0.05) is 9.77 Å². The minimum atomic E-state index is -0.571. The molecule has 0 unspecified atom stereocenters. The number of thiophene rings is 1. The van der Waals surface area contributed by atoms with Gasteiger partial charge in [-0.1, -0.05) is 23.5 Å². The van der Waals surface area contributed by atoms with Crippen LogP contribution in [-0.4, -0.2) is 23.4 Å². The third-order valence-corrected chi connectivity index (χ3v) is 7.80. The van der Waals surface area contributed by atoms with E-state index in [2.05, 4.69) is 4.99 Å². The number of nitrogens with zero attached hydrogens (tertiary/aromatic N) is 2. The Bertz CT molecular complexity index is 1340. The molecule has 0 bridgehead atoms. The zero-order chi connectivity index (χ0) is 22.1. The summed E-state index contributed by atoms with van der Waals surface area (Å²) >= 11 is 4.59. The van der Waals surface area contributed by atoms with Gasteiger partial charge in [0.1, 0.15) is 0 Å². The number of fused-ring (bicyclic) bond motifs is 1. The van der Waals surface area contributed by atoms with Crippen molar-refractivity contribution in [2.75, 3.05) is 12.9 Å². The van der Waals surface area contributed by atoms with Gasteiger partial charge in [-0.3, -0.25) is 9.36 Å². The van der Waals surface area contributed by atoms with Crippen molar-refractivity contribution < 1.29 is 9.53 Å². The fourth-order valence-corrected chi connectivity index (χ4v) is 5.91. The number of aryl methyl sites for hydroxylation is 1. The molecular weight excluding hydrogens is 448 g/mol. The maximum atomic E-state index is 13.5. The minimum Gasteiger partial charge on any atom is -0.463 e. The molecule has 0 aliphatic carbocycles. The van der Waals surface area contributed by atoms with Crippen molar-refractivity contribution in [1.82, 2.24) is 4.57 Å². The van der Waals surface area contributed by atoms with Crippen molar-refractivity contribution in [2.24, 2.45) is 4.99 Å². The van der Waals surface area contributed by atoms with E-state index in [0.717, 1.165) is 20.9 Å². The Morgan fingerprint density at radius 1 is 1.26 bits per heavy atom. The molecule has 5 nitrogen and oxygen atoms in total. The number of thioether (sulfide) groups is 1. The standard InChI is InChI=1S/C23H22N2O3S3/c1-5-28-22(27)19-14(3)24-23-25(20(19)15-6-8-16(29-4)9-7-15)21(26)18(31-23)12-17-13(2)10-11-30-17/h6-12,20H,5H2,1-4H3/b18-12-/t20-/m1/s1. The first-order valence-corrected chi connectivity index (χ1v) is 12.7. The molecule has 3 heterocycles. The van der Waals surface area contributed by atoms with Gasteiger partial charge in [-0.15, -0.1) is 23.1 Å². The van der Waals surface area contributed by atoms with Crippen LogP contribution in [0.15, 0.2) is 61.7 Å². The second-order valence-electron chi connectivity index (χ2n) is 7.04. The number of carbonyl (C=O) groups is 1. The Labute approximate surface area is 192 Å². The topological polar surface area (TPSA) is 60.7 Å². The summed E-state index contributed by atoms with van der Waals surface area (Å²) in [4.78, 5) is 33.7.